The van der Waals surface area contributed by atoms with E-state index >= 15 is 0 Å². The molecule has 1 aromatic rings. The van der Waals surface area contributed by atoms with Gasteiger partial charge < -0.3 is 10.0 Å². The summed E-state index contributed by atoms with van der Waals surface area (Å²) in [6.45, 7) is 1.92. The molecule has 0 aromatic heterocycles. The average molecular weight is 179 g/mol. The highest BCUT2D eigenvalue weighted by molar-refractivity contribution is 4.99. The smallest absolute Gasteiger partial charge is 0.0679 e. The van der Waals surface area contributed by atoms with Crippen molar-refractivity contribution in [3.05, 3.63) is 36.4 Å². The van der Waals surface area contributed by atoms with Crippen LogP contribution in [-0.4, -0.2) is 36.2 Å². The lowest BCUT2D eigenvalue weighted by Gasteiger charge is -2.02. The molecule has 0 bridgehead atoms. The quantitative estimate of drug-likeness (QED) is 0.650. The maximum Gasteiger partial charge on any atom is 0.0679 e. The van der Waals surface area contributed by atoms with Gasteiger partial charge in [-0.1, -0.05) is 36.4 Å². The Labute approximate surface area is 79.8 Å². The number of rotatable bonds is 0. The first-order valence-corrected chi connectivity index (χ1v) is 4.65. The lowest BCUT2D eigenvalue weighted by atomic mass is 10.3. The standard InChI is InChI=1S/C6H6.C5H11NO/c1-2-4-6-5-3-1;1-6-3-2-5(7)4-6/h1-6H;5,7H,2-4H2,1H3. The minimum absolute atomic E-state index is 0.0509. The molecule has 0 saturated carbocycles. The lowest BCUT2D eigenvalue weighted by molar-refractivity contribution is 0.183. The van der Waals surface area contributed by atoms with Gasteiger partial charge in [0.05, 0.1) is 6.10 Å². The van der Waals surface area contributed by atoms with Crippen molar-refractivity contribution in [2.24, 2.45) is 0 Å². The minimum atomic E-state index is -0.0509. The molecule has 1 saturated heterocycles. The first-order chi connectivity index (χ1) is 6.29. The van der Waals surface area contributed by atoms with Crippen LogP contribution in [0.2, 0.25) is 0 Å². The third-order valence-corrected chi connectivity index (χ3v) is 2.03. The fourth-order valence-corrected chi connectivity index (χ4v) is 1.30. The Morgan fingerprint density at radius 2 is 1.54 bits per heavy atom. The zero-order chi connectivity index (χ0) is 9.52. The summed E-state index contributed by atoms with van der Waals surface area (Å²) in [7, 11) is 2.02. The summed E-state index contributed by atoms with van der Waals surface area (Å²) < 4.78 is 0. The second kappa shape index (κ2) is 5.73. The summed E-state index contributed by atoms with van der Waals surface area (Å²) in [4.78, 5) is 2.13. The van der Waals surface area contributed by atoms with Crippen LogP contribution in [0.3, 0.4) is 0 Å². The Hall–Kier alpha value is -0.860. The van der Waals surface area contributed by atoms with Gasteiger partial charge in [-0.15, -0.1) is 0 Å². The average Bonchev–Trinajstić information content (AvgIpc) is 2.54. The van der Waals surface area contributed by atoms with E-state index in [4.69, 9.17) is 5.11 Å². The Morgan fingerprint density at radius 3 is 1.69 bits per heavy atom. The molecule has 2 nitrogen and oxygen atoms in total. The van der Waals surface area contributed by atoms with Crippen LogP contribution in [0, 0.1) is 0 Å². The number of hydrogen-bond donors (Lipinski definition) is 1. The van der Waals surface area contributed by atoms with E-state index in [1.807, 2.05) is 43.4 Å². The monoisotopic (exact) mass is 179 g/mol. The Balaban J connectivity index is 0.000000132. The number of aliphatic hydroxyl groups is 1. The van der Waals surface area contributed by atoms with Crippen LogP contribution in [0.15, 0.2) is 36.4 Å². The predicted octanol–water partition coefficient (Wildman–Crippen LogP) is 1.37. The molecule has 13 heavy (non-hydrogen) atoms. The Kier molecular flexibility index (Phi) is 4.50. The highest BCUT2D eigenvalue weighted by atomic mass is 16.3. The van der Waals surface area contributed by atoms with Gasteiger partial charge >= 0.3 is 0 Å². The highest BCUT2D eigenvalue weighted by Crippen LogP contribution is 2.03. The van der Waals surface area contributed by atoms with Crippen LogP contribution in [-0.2, 0) is 0 Å². The van der Waals surface area contributed by atoms with E-state index in [-0.39, 0.29) is 6.10 Å². The van der Waals surface area contributed by atoms with Gasteiger partial charge in [-0.25, -0.2) is 0 Å². The van der Waals surface area contributed by atoms with Crippen molar-refractivity contribution in [1.82, 2.24) is 4.90 Å². The van der Waals surface area contributed by atoms with Crippen molar-refractivity contribution in [2.75, 3.05) is 20.1 Å². The van der Waals surface area contributed by atoms with E-state index < -0.39 is 0 Å². The van der Waals surface area contributed by atoms with Gasteiger partial charge in [-0.2, -0.15) is 0 Å². The molecule has 72 valence electrons. The molecule has 1 aromatic carbocycles. The van der Waals surface area contributed by atoms with Crippen molar-refractivity contribution in [2.45, 2.75) is 12.5 Å². The summed E-state index contributed by atoms with van der Waals surface area (Å²) in [6.07, 6.45) is 0.904. The first-order valence-electron chi connectivity index (χ1n) is 4.65. The van der Waals surface area contributed by atoms with Gasteiger partial charge in [0.1, 0.15) is 0 Å². The van der Waals surface area contributed by atoms with E-state index in [1.165, 1.54) is 0 Å². The summed E-state index contributed by atoms with van der Waals surface area (Å²) in [5, 5.41) is 8.86. The molecular formula is C11H17NO. The van der Waals surface area contributed by atoms with Crippen molar-refractivity contribution < 1.29 is 5.11 Å². The van der Waals surface area contributed by atoms with Crippen LogP contribution in [0.25, 0.3) is 0 Å². The van der Waals surface area contributed by atoms with Crippen LogP contribution in [0.1, 0.15) is 6.42 Å². The molecule has 1 aliphatic heterocycles. The fourth-order valence-electron chi connectivity index (χ4n) is 1.30. The van der Waals surface area contributed by atoms with Crippen molar-refractivity contribution in [3.63, 3.8) is 0 Å². The molecule has 1 unspecified atom stereocenters. The molecule has 1 N–H and O–H groups in total. The van der Waals surface area contributed by atoms with Gasteiger partial charge in [0.25, 0.3) is 0 Å². The SMILES string of the molecule is CN1CCC(O)C1.c1ccccc1. The van der Waals surface area contributed by atoms with E-state index in [1.54, 1.807) is 0 Å². The maximum absolute atomic E-state index is 8.86. The van der Waals surface area contributed by atoms with E-state index in [9.17, 15) is 0 Å². The number of hydrogen-bond acceptors (Lipinski definition) is 2. The zero-order valence-corrected chi connectivity index (χ0v) is 8.06. The lowest BCUT2D eigenvalue weighted by Crippen LogP contribution is -2.15. The largest absolute Gasteiger partial charge is 0.392 e. The molecule has 0 amide bonds. The van der Waals surface area contributed by atoms with Gasteiger partial charge in [-0.05, 0) is 13.5 Å². The molecule has 1 atom stereocenters. The predicted molar refractivity (Wildman–Crippen MR) is 54.6 cm³/mol. The molecule has 2 rings (SSSR count). The molecule has 0 radical (unpaired) electrons. The molecular weight excluding hydrogens is 162 g/mol. The highest BCUT2D eigenvalue weighted by Gasteiger charge is 2.15. The molecule has 1 aliphatic rings. The number of likely N-dealkylation sites (tertiary alicyclic amines) is 1. The second-order valence-electron chi connectivity index (χ2n) is 3.36. The van der Waals surface area contributed by atoms with Crippen molar-refractivity contribution in [3.8, 4) is 0 Å². The molecule has 1 fully saturated rings. The Morgan fingerprint density at radius 1 is 1.08 bits per heavy atom. The normalized spacial score (nSPS) is 22.2. The third kappa shape index (κ3) is 4.65. The van der Waals surface area contributed by atoms with Crippen LogP contribution in [0.5, 0.6) is 0 Å². The van der Waals surface area contributed by atoms with Crippen molar-refractivity contribution in [1.29, 1.82) is 0 Å². The summed E-state index contributed by atoms with van der Waals surface area (Å²) >= 11 is 0. The molecule has 2 heteroatoms. The summed E-state index contributed by atoms with van der Waals surface area (Å²) in [5.41, 5.74) is 0. The van der Waals surface area contributed by atoms with E-state index in [0.717, 1.165) is 19.5 Å². The first kappa shape index (κ1) is 10.2. The van der Waals surface area contributed by atoms with Gasteiger partial charge in [0.15, 0.2) is 0 Å². The van der Waals surface area contributed by atoms with Gasteiger partial charge in [0, 0.05) is 13.1 Å². The van der Waals surface area contributed by atoms with Gasteiger partial charge in [0.2, 0.25) is 0 Å². The van der Waals surface area contributed by atoms with Crippen LogP contribution < -0.4 is 0 Å². The second-order valence-corrected chi connectivity index (χ2v) is 3.36. The zero-order valence-electron chi connectivity index (χ0n) is 8.06. The van der Waals surface area contributed by atoms with E-state index in [2.05, 4.69) is 4.90 Å². The van der Waals surface area contributed by atoms with Crippen molar-refractivity contribution >= 4 is 0 Å². The van der Waals surface area contributed by atoms with Crippen LogP contribution >= 0.6 is 0 Å². The summed E-state index contributed by atoms with van der Waals surface area (Å²) in [6, 6.07) is 12.0. The summed E-state index contributed by atoms with van der Waals surface area (Å²) in [5.74, 6) is 0. The number of benzene rings is 1. The van der Waals surface area contributed by atoms with E-state index in [0.29, 0.717) is 0 Å². The third-order valence-electron chi connectivity index (χ3n) is 2.03. The molecule has 1 heterocycles. The number of aliphatic hydroxyl groups excluding tert-OH is 1. The maximum atomic E-state index is 8.86. The number of likely N-dealkylation sites (N-methyl/N-ethyl adjacent to an activating group) is 1. The fraction of sp³-hybridized carbons (Fsp3) is 0.455. The molecule has 0 spiro atoms. The number of nitrogens with zero attached hydrogens (tertiary/aromatic N) is 1. The van der Waals surface area contributed by atoms with Crippen LogP contribution in [0.4, 0.5) is 0 Å². The minimum Gasteiger partial charge on any atom is -0.392 e. The molecule has 0 aliphatic carbocycles. The van der Waals surface area contributed by atoms with Gasteiger partial charge in [-0.3, -0.25) is 0 Å². The number of β-amino-alcohol motifs (C(OH)–C–C–N with tert-alkyl or cyclic N) is 1. The Bertz CT molecular complexity index is 178. The topological polar surface area (TPSA) is 23.5 Å².